The van der Waals surface area contributed by atoms with Crippen LogP contribution < -0.4 is 0 Å². The van der Waals surface area contributed by atoms with Crippen LogP contribution in [-0.4, -0.2) is 180 Å². The molecule has 3 saturated carbocycles. The number of hydrogen-bond acceptors (Lipinski definition) is 17. The molecule has 0 aromatic carbocycles. The minimum atomic E-state index is -1.62. The molecule has 376 valence electrons. The number of hydrogen-bond donors (Lipinski definition) is 11. The van der Waals surface area contributed by atoms with Crippen molar-refractivity contribution in [1.29, 1.82) is 0 Å². The third kappa shape index (κ3) is 8.95. The third-order valence-corrected chi connectivity index (χ3v) is 18.4. The predicted molar refractivity (Wildman–Crippen MR) is 232 cm³/mol. The fourth-order valence-electron chi connectivity index (χ4n) is 14.0. The average molecular weight is 931 g/mol. The zero-order valence-electron chi connectivity index (χ0n) is 39.8. The van der Waals surface area contributed by atoms with Gasteiger partial charge in [-0.1, -0.05) is 74.0 Å². The van der Waals surface area contributed by atoms with Crippen LogP contribution in [0.5, 0.6) is 0 Å². The summed E-state index contributed by atoms with van der Waals surface area (Å²) in [5.41, 5.74) is -0.322. The quantitative estimate of drug-likeness (QED) is 0.121. The average Bonchev–Trinajstić information content (AvgIpc) is 3.51. The van der Waals surface area contributed by atoms with E-state index in [4.69, 9.17) is 28.4 Å². The van der Waals surface area contributed by atoms with Gasteiger partial charge in [0.1, 0.15) is 67.1 Å². The van der Waals surface area contributed by atoms with E-state index in [0.29, 0.717) is 25.2 Å². The molecule has 6 fully saturated rings. The Morgan fingerprint density at radius 3 is 1.98 bits per heavy atom. The highest BCUT2D eigenvalue weighted by atomic mass is 16.7. The van der Waals surface area contributed by atoms with Crippen molar-refractivity contribution in [2.45, 2.75) is 218 Å². The van der Waals surface area contributed by atoms with E-state index >= 15 is 0 Å². The number of aliphatic hydroxyl groups is 11. The van der Waals surface area contributed by atoms with Gasteiger partial charge in [0.2, 0.25) is 0 Å². The van der Waals surface area contributed by atoms with Crippen molar-refractivity contribution in [2.75, 3.05) is 19.8 Å². The Kier molecular flexibility index (Phi) is 15.2. The Morgan fingerprint density at radius 1 is 0.723 bits per heavy atom. The second kappa shape index (κ2) is 19.0. The summed E-state index contributed by atoms with van der Waals surface area (Å²) >= 11 is 0. The van der Waals surface area contributed by atoms with Crippen LogP contribution in [0.4, 0.5) is 0 Å². The van der Waals surface area contributed by atoms with Crippen LogP contribution in [-0.2, 0) is 28.4 Å². The van der Waals surface area contributed by atoms with Gasteiger partial charge < -0.3 is 84.6 Å². The first-order valence-electron chi connectivity index (χ1n) is 24.2. The topological polar surface area (TPSA) is 278 Å². The smallest absolute Gasteiger partial charge is 0.187 e. The number of ether oxygens (including phenoxy) is 6. The molecule has 65 heavy (non-hydrogen) atoms. The number of allylic oxidation sites excluding steroid dienone is 1. The normalized spacial score (nSPS) is 51.0. The van der Waals surface area contributed by atoms with Crippen molar-refractivity contribution in [1.82, 2.24) is 0 Å². The monoisotopic (exact) mass is 931 g/mol. The molecule has 0 amide bonds. The minimum Gasteiger partial charge on any atom is -0.394 e. The standard InChI is InChI=1S/C48H82O17/c1-22(10-14-31(44(2,3)4)64-43-40(59)37(56)35(54)28(63-43)21-61-41-38(57)33(52)26(50)20-60-41)23-16-17-46(7)29-13-11-24-25(48(29,9)30(51)18-47(23,46)8)12-15-32(45(24,5)6)65-42-39(58)36(55)34(53)27(19-49)62-42/h11,22-23,25-43,49-59H,10,12-21H2,1-9H3/t22-,23-,25-,26?,27?,28?,29?,30-,31?,32+,33?,34?,35?,36?,37?,38?,39?,40?,41?,42?,43?,46+,47-,48+/m1/s1. The zero-order valence-corrected chi connectivity index (χ0v) is 39.8. The highest BCUT2D eigenvalue weighted by Gasteiger charge is 2.70. The maximum absolute atomic E-state index is 12.6. The molecule has 0 spiro atoms. The largest absolute Gasteiger partial charge is 0.394 e. The van der Waals surface area contributed by atoms with Gasteiger partial charge in [-0.05, 0) is 91.3 Å². The summed E-state index contributed by atoms with van der Waals surface area (Å²) in [5, 5.41) is 117. The highest BCUT2D eigenvalue weighted by molar-refractivity contribution is 5.32. The van der Waals surface area contributed by atoms with Gasteiger partial charge in [-0.2, -0.15) is 0 Å². The molecule has 3 heterocycles. The SMILES string of the molecule is C[C@H](CCC(OC1OC(COC2OCC(O)C(O)C2O)C(O)C(O)C1O)C(C)(C)C)[C@H]1CC[C@@]2(C)C3CC=C4[C@@H](CC[C@H](OC5OC(CO)C(O)C(O)C5O)C4(C)C)[C@]3(C)[C@H](O)C[C@]12C. The van der Waals surface area contributed by atoms with E-state index in [-0.39, 0.29) is 47.9 Å². The highest BCUT2D eigenvalue weighted by Crippen LogP contribution is 2.75. The van der Waals surface area contributed by atoms with Crippen LogP contribution >= 0.6 is 0 Å². The summed E-state index contributed by atoms with van der Waals surface area (Å²) in [7, 11) is 0. The fraction of sp³-hybridized carbons (Fsp3) is 0.958. The van der Waals surface area contributed by atoms with E-state index in [2.05, 4.69) is 47.6 Å². The molecule has 17 nitrogen and oxygen atoms in total. The molecule has 11 N–H and O–H groups in total. The molecule has 3 saturated heterocycles. The Balaban J connectivity index is 1.02. The van der Waals surface area contributed by atoms with Gasteiger partial charge in [0.25, 0.3) is 0 Å². The maximum Gasteiger partial charge on any atom is 0.187 e. The summed E-state index contributed by atoms with van der Waals surface area (Å²) < 4.78 is 35.7. The summed E-state index contributed by atoms with van der Waals surface area (Å²) in [6.45, 7) is 18.6. The van der Waals surface area contributed by atoms with Gasteiger partial charge >= 0.3 is 0 Å². The molecule has 0 radical (unpaired) electrons. The summed E-state index contributed by atoms with van der Waals surface area (Å²) in [5.74, 6) is 0.869. The molecule has 7 rings (SSSR count). The Bertz CT molecular complexity index is 1660. The first-order chi connectivity index (χ1) is 30.2. The molecule has 7 aliphatic rings. The summed E-state index contributed by atoms with van der Waals surface area (Å²) in [6, 6.07) is 0. The number of fused-ring (bicyclic) bond motifs is 5. The molecule has 0 aromatic heterocycles. The van der Waals surface area contributed by atoms with Gasteiger partial charge in [-0.3, -0.25) is 0 Å². The Hall–Kier alpha value is -0.940. The third-order valence-electron chi connectivity index (χ3n) is 18.4. The van der Waals surface area contributed by atoms with Crippen molar-refractivity contribution in [3.8, 4) is 0 Å². The first kappa shape index (κ1) is 51.9. The van der Waals surface area contributed by atoms with Crippen molar-refractivity contribution < 1.29 is 84.6 Å². The molecule has 24 atom stereocenters. The van der Waals surface area contributed by atoms with Gasteiger partial charge in [-0.15, -0.1) is 0 Å². The van der Waals surface area contributed by atoms with Crippen LogP contribution in [0, 0.1) is 50.7 Å². The van der Waals surface area contributed by atoms with E-state index in [1.807, 2.05) is 20.8 Å². The van der Waals surface area contributed by atoms with E-state index in [9.17, 15) is 56.2 Å². The van der Waals surface area contributed by atoms with Gasteiger partial charge in [0.15, 0.2) is 18.9 Å². The Labute approximate surface area is 384 Å². The molecule has 17 heteroatoms. The molecule has 4 aliphatic carbocycles. The molecule has 0 bridgehead atoms. The van der Waals surface area contributed by atoms with Crippen LogP contribution in [0.2, 0.25) is 0 Å². The lowest BCUT2D eigenvalue weighted by Gasteiger charge is -2.67. The van der Waals surface area contributed by atoms with Crippen molar-refractivity contribution in [3.63, 3.8) is 0 Å². The van der Waals surface area contributed by atoms with Gasteiger partial charge in [0.05, 0.1) is 38.1 Å². The Morgan fingerprint density at radius 2 is 1.34 bits per heavy atom. The predicted octanol–water partition coefficient (Wildman–Crippen LogP) is 0.858. The second-order valence-electron chi connectivity index (χ2n) is 23.3. The van der Waals surface area contributed by atoms with E-state index in [1.165, 1.54) is 5.57 Å². The van der Waals surface area contributed by atoms with Crippen molar-refractivity contribution in [3.05, 3.63) is 11.6 Å². The molecule has 3 aliphatic heterocycles. The molecular formula is C48H82O17. The lowest BCUT2D eigenvalue weighted by molar-refractivity contribution is -0.332. The number of aliphatic hydroxyl groups excluding tert-OH is 11. The van der Waals surface area contributed by atoms with E-state index < -0.39 is 121 Å². The summed E-state index contributed by atoms with van der Waals surface area (Å²) in [6.07, 6.45) is -12.3. The molecule has 0 aromatic rings. The van der Waals surface area contributed by atoms with E-state index in [0.717, 1.165) is 32.1 Å². The van der Waals surface area contributed by atoms with Crippen molar-refractivity contribution in [2.24, 2.45) is 50.7 Å². The van der Waals surface area contributed by atoms with Crippen LogP contribution in [0.25, 0.3) is 0 Å². The molecular weight excluding hydrogens is 849 g/mol. The first-order valence-corrected chi connectivity index (χ1v) is 24.2. The number of rotatable bonds is 12. The van der Waals surface area contributed by atoms with Gasteiger partial charge in [-0.25, -0.2) is 0 Å². The van der Waals surface area contributed by atoms with E-state index in [1.54, 1.807) is 0 Å². The lowest BCUT2D eigenvalue weighted by atomic mass is 9.38. The summed E-state index contributed by atoms with van der Waals surface area (Å²) in [4.78, 5) is 0. The second-order valence-corrected chi connectivity index (χ2v) is 23.3. The van der Waals surface area contributed by atoms with Crippen LogP contribution in [0.1, 0.15) is 114 Å². The van der Waals surface area contributed by atoms with Crippen LogP contribution in [0.15, 0.2) is 11.6 Å². The van der Waals surface area contributed by atoms with Crippen molar-refractivity contribution >= 4 is 0 Å². The lowest BCUT2D eigenvalue weighted by Crippen LogP contribution is -2.65. The minimum absolute atomic E-state index is 0.0691. The fourth-order valence-corrected chi connectivity index (χ4v) is 14.0. The maximum atomic E-state index is 12.6. The zero-order chi connectivity index (χ0) is 47.9. The molecule has 16 unspecified atom stereocenters. The van der Waals surface area contributed by atoms with Gasteiger partial charge in [0, 0.05) is 10.8 Å². The van der Waals surface area contributed by atoms with Crippen LogP contribution in [0.3, 0.4) is 0 Å².